The summed E-state index contributed by atoms with van der Waals surface area (Å²) in [4.78, 5) is 0. The highest BCUT2D eigenvalue weighted by Gasteiger charge is 2.38. The molecule has 0 nitrogen and oxygen atoms in total. The molecule has 2 atom stereocenters. The van der Waals surface area contributed by atoms with Crippen molar-refractivity contribution in [3.63, 3.8) is 0 Å². The van der Waals surface area contributed by atoms with Gasteiger partial charge in [0.1, 0.15) is 0 Å². The van der Waals surface area contributed by atoms with Crippen molar-refractivity contribution in [3.8, 4) is 0 Å². The molecular weight excluding hydrogens is 228 g/mol. The summed E-state index contributed by atoms with van der Waals surface area (Å²) in [5.74, 6) is 0.917. The van der Waals surface area contributed by atoms with Crippen molar-refractivity contribution in [2.45, 2.75) is 71.6 Å². The number of benzene rings is 1. The lowest BCUT2D eigenvalue weighted by Gasteiger charge is -2.44. The van der Waals surface area contributed by atoms with Crippen LogP contribution in [0, 0.1) is 11.3 Å². The minimum absolute atomic E-state index is 0.643. The molecule has 0 N–H and O–H groups in total. The van der Waals surface area contributed by atoms with Gasteiger partial charge in [-0.1, -0.05) is 76.3 Å². The molecule has 0 bridgehead atoms. The second kappa shape index (κ2) is 7.12. The van der Waals surface area contributed by atoms with E-state index in [0.717, 1.165) is 5.92 Å². The molecule has 1 aromatic carbocycles. The summed E-state index contributed by atoms with van der Waals surface area (Å²) in [6.07, 6.45) is 12.7. The Morgan fingerprint density at radius 3 is 2.58 bits per heavy atom. The topological polar surface area (TPSA) is 0 Å². The molecule has 1 aromatic rings. The number of unbranched alkanes of at least 4 members (excludes halogenated alkanes) is 1. The molecule has 0 heteroatoms. The highest BCUT2D eigenvalue weighted by atomic mass is 14.4. The summed E-state index contributed by atoms with van der Waals surface area (Å²) in [6.45, 7) is 4.76. The molecule has 1 saturated carbocycles. The minimum Gasteiger partial charge on any atom is -0.0654 e. The highest BCUT2D eigenvalue weighted by Crippen LogP contribution is 2.48. The van der Waals surface area contributed by atoms with Crippen LogP contribution in [0.2, 0.25) is 0 Å². The van der Waals surface area contributed by atoms with Gasteiger partial charge in [0, 0.05) is 0 Å². The zero-order chi connectivity index (χ0) is 13.6. The summed E-state index contributed by atoms with van der Waals surface area (Å²) in [5.41, 5.74) is 2.19. The lowest BCUT2D eigenvalue weighted by atomic mass is 9.61. The molecule has 0 aromatic heterocycles. The summed E-state index contributed by atoms with van der Waals surface area (Å²) in [5, 5.41) is 0. The van der Waals surface area contributed by atoms with Gasteiger partial charge < -0.3 is 0 Å². The van der Waals surface area contributed by atoms with Gasteiger partial charge in [0.2, 0.25) is 0 Å². The quantitative estimate of drug-likeness (QED) is 0.586. The van der Waals surface area contributed by atoms with E-state index in [4.69, 9.17) is 0 Å². The van der Waals surface area contributed by atoms with E-state index in [9.17, 15) is 0 Å². The molecule has 0 spiro atoms. The van der Waals surface area contributed by atoms with Gasteiger partial charge in [-0.05, 0) is 42.6 Å². The first-order valence-corrected chi connectivity index (χ1v) is 8.34. The summed E-state index contributed by atoms with van der Waals surface area (Å²) in [6, 6.07) is 11.1. The fourth-order valence-corrected chi connectivity index (χ4v) is 4.10. The van der Waals surface area contributed by atoms with Crippen LogP contribution in [-0.2, 0) is 6.42 Å². The van der Waals surface area contributed by atoms with E-state index in [1.165, 1.54) is 57.8 Å². The van der Waals surface area contributed by atoms with Crippen molar-refractivity contribution in [2.75, 3.05) is 0 Å². The van der Waals surface area contributed by atoms with Crippen LogP contribution in [-0.4, -0.2) is 0 Å². The molecule has 0 heterocycles. The second-order valence-electron chi connectivity index (χ2n) is 6.45. The van der Waals surface area contributed by atoms with Gasteiger partial charge in [0.05, 0.1) is 0 Å². The first-order valence-electron chi connectivity index (χ1n) is 8.34. The minimum atomic E-state index is 0.643. The molecule has 1 aliphatic rings. The van der Waals surface area contributed by atoms with E-state index in [1.54, 1.807) is 5.56 Å². The van der Waals surface area contributed by atoms with E-state index in [-0.39, 0.29) is 0 Å². The van der Waals surface area contributed by atoms with E-state index >= 15 is 0 Å². The lowest BCUT2D eigenvalue weighted by Crippen LogP contribution is -2.34. The summed E-state index contributed by atoms with van der Waals surface area (Å²) in [7, 11) is 0. The Bertz CT molecular complexity index is 354. The van der Waals surface area contributed by atoms with Crippen molar-refractivity contribution >= 4 is 0 Å². The van der Waals surface area contributed by atoms with Gasteiger partial charge in [0.25, 0.3) is 0 Å². The van der Waals surface area contributed by atoms with E-state index in [0.29, 0.717) is 5.41 Å². The van der Waals surface area contributed by atoms with Gasteiger partial charge in [-0.2, -0.15) is 0 Å². The van der Waals surface area contributed by atoms with Gasteiger partial charge in [-0.25, -0.2) is 0 Å². The van der Waals surface area contributed by atoms with Crippen LogP contribution in [0.1, 0.15) is 70.8 Å². The molecule has 0 aliphatic heterocycles. The fourth-order valence-electron chi connectivity index (χ4n) is 4.10. The number of rotatable bonds is 6. The zero-order valence-corrected chi connectivity index (χ0v) is 12.8. The predicted molar refractivity (Wildman–Crippen MR) is 84.4 cm³/mol. The van der Waals surface area contributed by atoms with Crippen LogP contribution < -0.4 is 0 Å². The first kappa shape index (κ1) is 14.6. The number of hydrogen-bond donors (Lipinski definition) is 0. The normalized spacial score (nSPS) is 27.4. The Hall–Kier alpha value is -0.780. The van der Waals surface area contributed by atoms with E-state index in [1.807, 2.05) is 0 Å². The molecule has 0 amide bonds. The lowest BCUT2D eigenvalue weighted by molar-refractivity contribution is 0.0740. The van der Waals surface area contributed by atoms with Crippen molar-refractivity contribution < 1.29 is 0 Å². The maximum Gasteiger partial charge on any atom is -0.0245 e. The Labute approximate surface area is 119 Å². The maximum absolute atomic E-state index is 2.43. The Morgan fingerprint density at radius 2 is 1.89 bits per heavy atom. The average Bonchev–Trinajstić information content (AvgIpc) is 2.48. The largest absolute Gasteiger partial charge is 0.0654 e. The van der Waals surface area contributed by atoms with Crippen molar-refractivity contribution in [3.05, 3.63) is 35.9 Å². The predicted octanol–water partition coefficient (Wildman–Crippen LogP) is 6.01. The number of hydrogen-bond acceptors (Lipinski definition) is 0. The first-order chi connectivity index (χ1) is 9.30. The van der Waals surface area contributed by atoms with Gasteiger partial charge in [-0.15, -0.1) is 0 Å². The fraction of sp³-hybridized carbons (Fsp3) is 0.684. The summed E-state index contributed by atoms with van der Waals surface area (Å²) < 4.78 is 0. The third-order valence-electron chi connectivity index (χ3n) is 5.40. The third kappa shape index (κ3) is 3.61. The molecule has 1 aliphatic carbocycles. The van der Waals surface area contributed by atoms with E-state index < -0.39 is 0 Å². The molecule has 2 rings (SSSR count). The second-order valence-corrected chi connectivity index (χ2v) is 6.45. The van der Waals surface area contributed by atoms with Crippen LogP contribution in [0.3, 0.4) is 0 Å². The van der Waals surface area contributed by atoms with Crippen LogP contribution in [0.5, 0.6) is 0 Å². The molecular formula is C19H30. The monoisotopic (exact) mass is 258 g/mol. The van der Waals surface area contributed by atoms with Crippen LogP contribution >= 0.6 is 0 Å². The van der Waals surface area contributed by atoms with Crippen molar-refractivity contribution in [2.24, 2.45) is 11.3 Å². The maximum atomic E-state index is 2.43. The smallest absolute Gasteiger partial charge is 0.0245 e. The average molecular weight is 258 g/mol. The van der Waals surface area contributed by atoms with E-state index in [2.05, 4.69) is 44.2 Å². The molecule has 0 saturated heterocycles. The van der Waals surface area contributed by atoms with Crippen LogP contribution in [0.15, 0.2) is 30.3 Å². The van der Waals surface area contributed by atoms with Crippen LogP contribution in [0.4, 0.5) is 0 Å². The third-order valence-corrected chi connectivity index (χ3v) is 5.40. The Kier molecular flexibility index (Phi) is 5.48. The van der Waals surface area contributed by atoms with Crippen molar-refractivity contribution in [1.82, 2.24) is 0 Å². The highest BCUT2D eigenvalue weighted by molar-refractivity contribution is 5.16. The van der Waals surface area contributed by atoms with Crippen LogP contribution in [0.25, 0.3) is 0 Å². The van der Waals surface area contributed by atoms with Gasteiger partial charge in [-0.3, -0.25) is 0 Å². The van der Waals surface area contributed by atoms with Gasteiger partial charge in [0.15, 0.2) is 0 Å². The Morgan fingerprint density at radius 1 is 1.11 bits per heavy atom. The SMILES string of the molecule is CCCCC1(CC)CCCCC1Cc1ccccc1. The molecule has 106 valence electrons. The molecule has 19 heavy (non-hydrogen) atoms. The molecule has 1 fully saturated rings. The Balaban J connectivity index is 2.09. The summed E-state index contributed by atoms with van der Waals surface area (Å²) >= 11 is 0. The zero-order valence-electron chi connectivity index (χ0n) is 12.8. The molecule has 0 radical (unpaired) electrons. The van der Waals surface area contributed by atoms with Gasteiger partial charge >= 0.3 is 0 Å². The standard InChI is InChI=1S/C19H30/c1-3-5-14-19(4-2)15-10-9-13-18(19)16-17-11-7-6-8-12-17/h6-8,11-12,18H,3-5,9-10,13-16H2,1-2H3. The van der Waals surface area contributed by atoms with Crippen molar-refractivity contribution in [1.29, 1.82) is 0 Å². The molecule has 2 unspecified atom stereocenters.